The van der Waals surface area contributed by atoms with Crippen LogP contribution in [0.15, 0.2) is 42.6 Å². The lowest BCUT2D eigenvalue weighted by molar-refractivity contribution is -0.128. The van der Waals surface area contributed by atoms with E-state index in [1.165, 1.54) is 18.4 Å². The molecule has 0 saturated heterocycles. The summed E-state index contributed by atoms with van der Waals surface area (Å²) in [4.78, 5) is 30.3. The average Bonchev–Trinajstić information content (AvgIpc) is 2.80. The Labute approximate surface area is 184 Å². The van der Waals surface area contributed by atoms with Gasteiger partial charge in [0.1, 0.15) is 0 Å². The van der Waals surface area contributed by atoms with Gasteiger partial charge in [-0.05, 0) is 74.6 Å². The van der Waals surface area contributed by atoms with Crippen LogP contribution in [-0.2, 0) is 35.3 Å². The number of Topliss-reactive ketones (excluding diaryl/α,β-unsaturated/α-hetero) is 1. The van der Waals surface area contributed by atoms with Crippen molar-refractivity contribution >= 4 is 11.7 Å². The number of nitrogens with one attached hydrogen (secondary N) is 1. The lowest BCUT2D eigenvalue weighted by Crippen LogP contribution is -2.49. The summed E-state index contributed by atoms with van der Waals surface area (Å²) in [6.45, 7) is 0.489. The summed E-state index contributed by atoms with van der Waals surface area (Å²) in [5.74, 6) is -0.295. The molecule has 3 rings (SSSR count). The quantitative estimate of drug-likeness (QED) is 0.514. The fourth-order valence-electron chi connectivity index (χ4n) is 4.08. The second-order valence-corrected chi connectivity index (χ2v) is 8.42. The molecule has 6 nitrogen and oxygen atoms in total. The number of benzene rings is 1. The number of nitrogens with zero attached hydrogens (tertiary/aromatic N) is 1. The van der Waals surface area contributed by atoms with Gasteiger partial charge < -0.3 is 16.8 Å². The lowest BCUT2D eigenvalue weighted by atomic mass is 9.93. The maximum Gasteiger partial charge on any atom is 0.237 e. The van der Waals surface area contributed by atoms with Crippen molar-refractivity contribution in [2.24, 2.45) is 11.5 Å². The Balaban J connectivity index is 1.67. The molecule has 0 aliphatic heterocycles. The zero-order chi connectivity index (χ0) is 22.1. The highest BCUT2D eigenvalue weighted by Gasteiger charge is 2.24. The van der Waals surface area contributed by atoms with Crippen molar-refractivity contribution < 1.29 is 9.59 Å². The Hall–Kier alpha value is -2.57. The van der Waals surface area contributed by atoms with E-state index in [9.17, 15) is 9.59 Å². The zero-order valence-corrected chi connectivity index (χ0v) is 18.2. The third-order valence-corrected chi connectivity index (χ3v) is 5.93. The molecule has 1 amide bonds. The molecule has 1 heterocycles. The monoisotopic (exact) mass is 422 g/mol. The first-order chi connectivity index (χ1) is 15.1. The standard InChI is InChI=1S/C25H34N4O2/c26-14-6-10-21(27)25(31)29-23(13-12-18-7-2-1-3-8-18)24(30)16-19-15-20-9-4-5-11-22(20)28-17-19/h1-3,7-8,15,17,21,23H,4-6,9-14,16,26-27H2,(H,29,31)/t21-,23+/m0/s1. The Morgan fingerprint density at radius 1 is 1.06 bits per heavy atom. The number of aryl methyl sites for hydroxylation is 3. The predicted molar refractivity (Wildman–Crippen MR) is 123 cm³/mol. The molecule has 2 atom stereocenters. The molecule has 0 spiro atoms. The molecule has 6 heteroatoms. The molecule has 2 aromatic rings. The minimum absolute atomic E-state index is 0.00661. The predicted octanol–water partition coefficient (Wildman–Crippen LogP) is 2.26. The molecular weight excluding hydrogens is 388 g/mol. The Kier molecular flexibility index (Phi) is 8.74. The van der Waals surface area contributed by atoms with Crippen LogP contribution in [0.4, 0.5) is 0 Å². The van der Waals surface area contributed by atoms with Gasteiger partial charge in [0, 0.05) is 18.3 Å². The Morgan fingerprint density at radius 2 is 1.84 bits per heavy atom. The van der Waals surface area contributed by atoms with Crippen LogP contribution in [0.2, 0.25) is 0 Å². The van der Waals surface area contributed by atoms with Gasteiger partial charge in [0.25, 0.3) is 0 Å². The maximum absolute atomic E-state index is 13.2. The lowest BCUT2D eigenvalue weighted by Gasteiger charge is -2.21. The highest BCUT2D eigenvalue weighted by atomic mass is 16.2. The van der Waals surface area contributed by atoms with Gasteiger partial charge in [-0.2, -0.15) is 0 Å². The van der Waals surface area contributed by atoms with E-state index in [0.717, 1.165) is 29.7 Å². The normalized spacial score (nSPS) is 15.0. The third kappa shape index (κ3) is 6.97. The molecule has 0 fully saturated rings. The first kappa shape index (κ1) is 23.1. The number of ketones is 1. The van der Waals surface area contributed by atoms with Gasteiger partial charge in [-0.25, -0.2) is 0 Å². The van der Waals surface area contributed by atoms with Crippen LogP contribution >= 0.6 is 0 Å². The van der Waals surface area contributed by atoms with Gasteiger partial charge in [0.2, 0.25) is 5.91 Å². The third-order valence-electron chi connectivity index (χ3n) is 5.93. The summed E-state index contributed by atoms with van der Waals surface area (Å²) in [6, 6.07) is 10.9. The van der Waals surface area contributed by atoms with E-state index in [-0.39, 0.29) is 18.1 Å². The number of hydrogen-bond donors (Lipinski definition) is 3. The highest BCUT2D eigenvalue weighted by Crippen LogP contribution is 2.20. The van der Waals surface area contributed by atoms with Crippen LogP contribution in [0.3, 0.4) is 0 Å². The number of pyridine rings is 1. The first-order valence-electron chi connectivity index (χ1n) is 11.4. The van der Waals surface area contributed by atoms with Crippen molar-refractivity contribution in [1.29, 1.82) is 0 Å². The molecule has 0 bridgehead atoms. The van der Waals surface area contributed by atoms with E-state index in [4.69, 9.17) is 11.5 Å². The van der Waals surface area contributed by atoms with Crippen molar-refractivity contribution in [2.75, 3.05) is 6.54 Å². The Bertz CT molecular complexity index is 869. The molecule has 1 aromatic heterocycles. The number of carbonyl (C=O) groups is 2. The second-order valence-electron chi connectivity index (χ2n) is 8.42. The van der Waals surface area contributed by atoms with Gasteiger partial charge >= 0.3 is 0 Å². The van der Waals surface area contributed by atoms with E-state index in [2.05, 4.69) is 16.4 Å². The maximum atomic E-state index is 13.2. The van der Waals surface area contributed by atoms with E-state index >= 15 is 0 Å². The highest BCUT2D eigenvalue weighted by molar-refractivity contribution is 5.91. The molecule has 0 saturated carbocycles. The van der Waals surface area contributed by atoms with Gasteiger partial charge in [0.05, 0.1) is 12.1 Å². The van der Waals surface area contributed by atoms with Gasteiger partial charge in [-0.1, -0.05) is 36.4 Å². The molecule has 0 unspecified atom stereocenters. The van der Waals surface area contributed by atoms with Crippen molar-refractivity contribution in [3.8, 4) is 0 Å². The minimum Gasteiger partial charge on any atom is -0.345 e. The number of rotatable bonds is 11. The topological polar surface area (TPSA) is 111 Å². The summed E-state index contributed by atoms with van der Waals surface area (Å²) < 4.78 is 0. The fourth-order valence-corrected chi connectivity index (χ4v) is 4.08. The van der Waals surface area contributed by atoms with Gasteiger partial charge in [0.15, 0.2) is 5.78 Å². The van der Waals surface area contributed by atoms with Crippen molar-refractivity contribution in [1.82, 2.24) is 10.3 Å². The molecule has 1 aromatic carbocycles. The van der Waals surface area contributed by atoms with Crippen LogP contribution in [0.1, 0.15) is 54.5 Å². The van der Waals surface area contributed by atoms with Crippen molar-refractivity contribution in [3.63, 3.8) is 0 Å². The molecule has 166 valence electrons. The number of hydrogen-bond acceptors (Lipinski definition) is 5. The minimum atomic E-state index is -0.652. The van der Waals surface area contributed by atoms with Crippen LogP contribution in [0.5, 0.6) is 0 Å². The van der Waals surface area contributed by atoms with Crippen LogP contribution < -0.4 is 16.8 Å². The summed E-state index contributed by atoms with van der Waals surface area (Å²) in [5, 5.41) is 2.90. The van der Waals surface area contributed by atoms with Crippen LogP contribution in [0, 0.1) is 0 Å². The smallest absolute Gasteiger partial charge is 0.237 e. The van der Waals surface area contributed by atoms with E-state index < -0.39 is 12.1 Å². The molecule has 5 N–H and O–H groups in total. The van der Waals surface area contributed by atoms with Crippen molar-refractivity contribution in [3.05, 3.63) is 65.0 Å². The van der Waals surface area contributed by atoms with Gasteiger partial charge in [-0.15, -0.1) is 0 Å². The first-order valence-corrected chi connectivity index (χ1v) is 11.4. The summed E-state index contributed by atoms with van der Waals surface area (Å²) in [5.41, 5.74) is 16.0. The SMILES string of the molecule is NCCC[C@H](N)C(=O)N[C@H](CCc1ccccc1)C(=O)Cc1cnc2c(c1)CCCC2. The van der Waals surface area contributed by atoms with Crippen molar-refractivity contribution in [2.45, 2.75) is 69.9 Å². The number of carbonyl (C=O) groups excluding carboxylic acids is 2. The molecule has 31 heavy (non-hydrogen) atoms. The van der Waals surface area contributed by atoms with E-state index in [0.29, 0.717) is 32.2 Å². The van der Waals surface area contributed by atoms with Gasteiger partial charge in [-0.3, -0.25) is 14.6 Å². The number of aromatic nitrogens is 1. The number of amides is 1. The molecule has 1 aliphatic carbocycles. The van der Waals surface area contributed by atoms with Crippen LogP contribution in [0.25, 0.3) is 0 Å². The average molecular weight is 423 g/mol. The molecule has 0 radical (unpaired) electrons. The fraction of sp³-hybridized carbons (Fsp3) is 0.480. The van der Waals surface area contributed by atoms with Crippen LogP contribution in [-0.4, -0.2) is 35.3 Å². The summed E-state index contributed by atoms with van der Waals surface area (Å²) in [6.07, 6.45) is 8.89. The second kappa shape index (κ2) is 11.7. The number of fused-ring (bicyclic) bond motifs is 1. The van der Waals surface area contributed by atoms with E-state index in [1.54, 1.807) is 0 Å². The zero-order valence-electron chi connectivity index (χ0n) is 18.2. The molecule has 1 aliphatic rings. The molecular formula is C25H34N4O2. The summed E-state index contributed by atoms with van der Waals surface area (Å²) in [7, 11) is 0. The Morgan fingerprint density at radius 3 is 2.61 bits per heavy atom. The van der Waals surface area contributed by atoms with E-state index in [1.807, 2.05) is 36.5 Å². The largest absolute Gasteiger partial charge is 0.345 e. The number of nitrogens with two attached hydrogens (primary N) is 2. The summed E-state index contributed by atoms with van der Waals surface area (Å²) >= 11 is 0.